The normalized spacial score (nSPS) is 11.4. The molecular formula is C19H22N6O3. The number of carbonyl (C=O) groups excluding carboxylic acids is 2. The minimum absolute atomic E-state index is 0.00177. The lowest BCUT2D eigenvalue weighted by molar-refractivity contribution is -0.142. The summed E-state index contributed by atoms with van der Waals surface area (Å²) in [6.45, 7) is 2.46. The van der Waals surface area contributed by atoms with E-state index in [-0.39, 0.29) is 29.6 Å². The highest BCUT2D eigenvalue weighted by Gasteiger charge is 2.12. The Bertz CT molecular complexity index is 895. The molecule has 0 aliphatic carbocycles. The van der Waals surface area contributed by atoms with Crippen molar-refractivity contribution in [2.45, 2.75) is 19.9 Å². The van der Waals surface area contributed by atoms with E-state index in [1.807, 2.05) is 24.3 Å². The second-order valence-electron chi connectivity index (χ2n) is 5.64. The molecule has 0 fully saturated rings. The zero-order valence-electron chi connectivity index (χ0n) is 15.5. The van der Waals surface area contributed by atoms with Crippen LogP contribution in [0.5, 0.6) is 0 Å². The number of nitrogen functional groups attached to an aromatic ring is 1. The van der Waals surface area contributed by atoms with Gasteiger partial charge in [0.15, 0.2) is 11.5 Å². The lowest BCUT2D eigenvalue weighted by atomic mass is 10.1. The van der Waals surface area contributed by atoms with Crippen LogP contribution in [0.4, 0.5) is 5.82 Å². The first-order valence-electron chi connectivity index (χ1n) is 8.56. The maximum Gasteiger partial charge on any atom is 0.310 e. The molecule has 2 aromatic rings. The molecule has 0 aliphatic heterocycles. The van der Waals surface area contributed by atoms with Crippen LogP contribution in [0.2, 0.25) is 0 Å². The van der Waals surface area contributed by atoms with E-state index >= 15 is 0 Å². The average Bonchev–Trinajstić information content (AvgIpc) is 2.68. The van der Waals surface area contributed by atoms with Crippen molar-refractivity contribution in [1.82, 2.24) is 15.3 Å². The number of hydrogen-bond acceptors (Lipinski definition) is 8. The van der Waals surface area contributed by atoms with Gasteiger partial charge in [-0.2, -0.15) is 0 Å². The lowest BCUT2D eigenvalue weighted by Crippen LogP contribution is -2.26. The first-order chi connectivity index (χ1) is 13.5. The standard InChI is InChI=1S/C19H22N6O3/c1-2-28-16(26)9-13-4-3-5-14(8-13)11-22-12-15(10-20)25-19(27)17-18(21)24-7-6-23-17/h3-8,10,12H,2,9,11,20H2,1H3,(H2,21,24)(H,25,27). The van der Waals surface area contributed by atoms with Crippen molar-refractivity contribution in [3.63, 3.8) is 0 Å². The van der Waals surface area contributed by atoms with Gasteiger partial charge in [0.25, 0.3) is 5.91 Å². The largest absolute Gasteiger partial charge is 0.466 e. The second kappa shape index (κ2) is 10.4. The first kappa shape index (κ1) is 20.6. The van der Waals surface area contributed by atoms with Crippen molar-refractivity contribution in [2.24, 2.45) is 10.7 Å². The summed E-state index contributed by atoms with van der Waals surface area (Å²) in [7, 11) is 0. The number of anilines is 1. The molecule has 146 valence electrons. The minimum Gasteiger partial charge on any atom is -0.466 e. The zero-order valence-corrected chi connectivity index (χ0v) is 15.5. The fraction of sp³-hybridized carbons (Fsp3) is 0.211. The first-order valence-corrected chi connectivity index (χ1v) is 8.56. The number of nitrogens with one attached hydrogen (secondary N) is 1. The number of nitrogens with zero attached hydrogens (tertiary/aromatic N) is 3. The number of allylic oxidation sites excluding steroid dienone is 1. The van der Waals surface area contributed by atoms with E-state index in [4.69, 9.17) is 16.2 Å². The van der Waals surface area contributed by atoms with Gasteiger partial charge in [-0.3, -0.25) is 14.6 Å². The molecule has 0 saturated heterocycles. The molecule has 9 nitrogen and oxygen atoms in total. The molecule has 2 rings (SSSR count). The Morgan fingerprint density at radius 2 is 2.00 bits per heavy atom. The van der Waals surface area contributed by atoms with E-state index in [0.717, 1.165) is 11.1 Å². The van der Waals surface area contributed by atoms with Crippen LogP contribution in [0.15, 0.2) is 53.5 Å². The summed E-state index contributed by atoms with van der Waals surface area (Å²) in [5, 5.41) is 2.57. The highest BCUT2D eigenvalue weighted by Crippen LogP contribution is 2.08. The van der Waals surface area contributed by atoms with Crippen molar-refractivity contribution in [3.05, 3.63) is 65.4 Å². The summed E-state index contributed by atoms with van der Waals surface area (Å²) >= 11 is 0. The third-order valence-corrected chi connectivity index (χ3v) is 3.53. The van der Waals surface area contributed by atoms with Crippen LogP contribution < -0.4 is 16.8 Å². The topological polar surface area (TPSA) is 146 Å². The number of hydrogen-bond donors (Lipinski definition) is 3. The molecule has 1 aromatic carbocycles. The second-order valence-corrected chi connectivity index (χ2v) is 5.64. The molecule has 0 bridgehead atoms. The lowest BCUT2D eigenvalue weighted by Gasteiger charge is -2.06. The highest BCUT2D eigenvalue weighted by molar-refractivity contribution is 6.00. The van der Waals surface area contributed by atoms with Crippen molar-refractivity contribution in [3.8, 4) is 0 Å². The fourth-order valence-electron chi connectivity index (χ4n) is 2.30. The van der Waals surface area contributed by atoms with Gasteiger partial charge in [-0.05, 0) is 18.1 Å². The summed E-state index contributed by atoms with van der Waals surface area (Å²) < 4.78 is 4.95. The van der Waals surface area contributed by atoms with Gasteiger partial charge in [0.2, 0.25) is 0 Å². The maximum absolute atomic E-state index is 12.2. The average molecular weight is 382 g/mol. The van der Waals surface area contributed by atoms with Crippen molar-refractivity contribution in [2.75, 3.05) is 12.3 Å². The Labute approximate surface area is 162 Å². The van der Waals surface area contributed by atoms with Crippen molar-refractivity contribution >= 4 is 23.9 Å². The van der Waals surface area contributed by atoms with Gasteiger partial charge >= 0.3 is 5.97 Å². The Kier molecular flexibility index (Phi) is 7.64. The number of aromatic nitrogens is 2. The number of benzene rings is 1. The quantitative estimate of drug-likeness (QED) is 0.455. The molecule has 9 heteroatoms. The van der Waals surface area contributed by atoms with Gasteiger partial charge in [-0.15, -0.1) is 0 Å². The van der Waals surface area contributed by atoms with Crippen LogP contribution >= 0.6 is 0 Å². The van der Waals surface area contributed by atoms with Gasteiger partial charge in [0.1, 0.15) is 0 Å². The summed E-state index contributed by atoms with van der Waals surface area (Å²) in [4.78, 5) is 35.7. The van der Waals surface area contributed by atoms with E-state index in [9.17, 15) is 9.59 Å². The van der Waals surface area contributed by atoms with Crippen LogP contribution in [0.3, 0.4) is 0 Å². The number of rotatable bonds is 8. The van der Waals surface area contributed by atoms with Crippen molar-refractivity contribution < 1.29 is 14.3 Å². The molecule has 1 amide bonds. The number of ether oxygens (including phenoxy) is 1. The Morgan fingerprint density at radius 1 is 1.25 bits per heavy atom. The third-order valence-electron chi connectivity index (χ3n) is 3.53. The van der Waals surface area contributed by atoms with Gasteiger partial charge in [0, 0.05) is 24.8 Å². The van der Waals surface area contributed by atoms with Gasteiger partial charge < -0.3 is 21.5 Å². The Morgan fingerprint density at radius 3 is 2.71 bits per heavy atom. The molecule has 0 saturated carbocycles. The summed E-state index contributed by atoms with van der Waals surface area (Å²) in [5.41, 5.74) is 13.2. The molecule has 0 spiro atoms. The monoisotopic (exact) mass is 382 g/mol. The predicted octanol–water partition coefficient (Wildman–Crippen LogP) is 0.965. The van der Waals surface area contributed by atoms with Crippen LogP contribution in [0, 0.1) is 0 Å². The molecule has 1 heterocycles. The SMILES string of the molecule is CCOC(=O)Cc1cccc(CN=CC(=CN)NC(=O)c2nccnc2N)c1. The van der Waals surface area contributed by atoms with Crippen molar-refractivity contribution in [1.29, 1.82) is 0 Å². The van der Waals surface area contributed by atoms with Gasteiger partial charge in [0.05, 0.1) is 25.3 Å². The number of aliphatic imine (C=N–C) groups is 1. The van der Waals surface area contributed by atoms with E-state index in [0.29, 0.717) is 13.2 Å². The smallest absolute Gasteiger partial charge is 0.310 e. The molecule has 0 aliphatic rings. The maximum atomic E-state index is 12.2. The molecule has 0 atom stereocenters. The van der Waals surface area contributed by atoms with Crippen LogP contribution in [0.25, 0.3) is 0 Å². The summed E-state index contributed by atoms with van der Waals surface area (Å²) in [6, 6.07) is 7.45. The predicted molar refractivity (Wildman–Crippen MR) is 105 cm³/mol. The molecule has 1 aromatic heterocycles. The van der Waals surface area contributed by atoms with E-state index in [1.54, 1.807) is 6.92 Å². The fourth-order valence-corrected chi connectivity index (χ4v) is 2.30. The molecule has 5 N–H and O–H groups in total. The number of esters is 1. The highest BCUT2D eigenvalue weighted by atomic mass is 16.5. The van der Waals surface area contributed by atoms with E-state index < -0.39 is 5.91 Å². The number of nitrogens with two attached hydrogens (primary N) is 2. The summed E-state index contributed by atoms with van der Waals surface area (Å²) in [6.07, 6.45) is 5.61. The number of amides is 1. The van der Waals surface area contributed by atoms with Gasteiger partial charge in [-0.25, -0.2) is 9.97 Å². The van der Waals surface area contributed by atoms with Gasteiger partial charge in [-0.1, -0.05) is 24.3 Å². The molecule has 0 radical (unpaired) electrons. The molecular weight excluding hydrogens is 360 g/mol. The Hall–Kier alpha value is -3.75. The van der Waals surface area contributed by atoms with Crippen LogP contribution in [-0.2, 0) is 22.5 Å². The van der Waals surface area contributed by atoms with Crippen LogP contribution in [0.1, 0.15) is 28.5 Å². The minimum atomic E-state index is -0.537. The third kappa shape index (κ3) is 6.20. The van der Waals surface area contributed by atoms with Crippen LogP contribution in [-0.4, -0.2) is 34.7 Å². The zero-order chi connectivity index (χ0) is 20.4. The molecule has 28 heavy (non-hydrogen) atoms. The number of carbonyl (C=O) groups is 2. The molecule has 0 unspecified atom stereocenters. The Balaban J connectivity index is 1.96. The summed E-state index contributed by atoms with van der Waals surface area (Å²) in [5.74, 6) is -0.792. The van der Waals surface area contributed by atoms with E-state index in [1.165, 1.54) is 24.8 Å². The van der Waals surface area contributed by atoms with E-state index in [2.05, 4.69) is 20.3 Å².